The van der Waals surface area contributed by atoms with Gasteiger partial charge >= 0.3 is 0 Å². The van der Waals surface area contributed by atoms with Crippen LogP contribution in [0.3, 0.4) is 0 Å². The van der Waals surface area contributed by atoms with Gasteiger partial charge in [-0.25, -0.2) is 4.68 Å². The first-order valence-corrected chi connectivity index (χ1v) is 4.08. The Bertz CT molecular complexity index is 260. The highest BCUT2D eigenvalue weighted by Gasteiger charge is 2.17. The Kier molecular flexibility index (Phi) is 2.17. The van der Waals surface area contributed by atoms with E-state index in [0.29, 0.717) is 10.3 Å². The number of hydrogen-bond donors (Lipinski definition) is 0. The third-order valence-corrected chi connectivity index (χ3v) is 1.73. The fraction of sp³-hybridized carbons (Fsp3) is 0.571. The molecule has 0 radical (unpaired) electrons. The van der Waals surface area contributed by atoms with E-state index in [-0.39, 0.29) is 5.54 Å². The number of rotatable bonds is 0. The van der Waals surface area contributed by atoms with Gasteiger partial charge in [0.2, 0.25) is 0 Å². The number of halogens is 2. The highest BCUT2D eigenvalue weighted by atomic mass is 35.5. The lowest BCUT2D eigenvalue weighted by Gasteiger charge is -2.19. The molecule has 0 saturated carbocycles. The maximum atomic E-state index is 5.85. The molecule has 1 heterocycles. The predicted molar refractivity (Wildman–Crippen MR) is 47.2 cm³/mol. The molecule has 0 amide bonds. The van der Waals surface area contributed by atoms with E-state index in [9.17, 15) is 0 Å². The summed E-state index contributed by atoms with van der Waals surface area (Å²) < 4.78 is 1.69. The molecule has 0 unspecified atom stereocenters. The summed E-state index contributed by atoms with van der Waals surface area (Å²) in [4.78, 5) is 0. The van der Waals surface area contributed by atoms with Crippen molar-refractivity contribution in [2.75, 3.05) is 0 Å². The van der Waals surface area contributed by atoms with E-state index < -0.39 is 0 Å². The monoisotopic (exact) mass is 192 g/mol. The van der Waals surface area contributed by atoms with E-state index in [4.69, 9.17) is 23.2 Å². The Morgan fingerprint density at radius 2 is 1.91 bits per heavy atom. The van der Waals surface area contributed by atoms with Crippen LogP contribution in [0.25, 0.3) is 0 Å². The standard InChI is InChI=1S/C7H10Cl2N2/c1-7(2,3)11-6(9)4-5(8)10-11/h4H,1-3H3. The Labute approximate surface area is 76.1 Å². The Balaban J connectivity index is 3.13. The molecule has 4 heteroatoms. The van der Waals surface area contributed by atoms with E-state index >= 15 is 0 Å². The van der Waals surface area contributed by atoms with Gasteiger partial charge in [0.1, 0.15) is 5.15 Å². The highest BCUT2D eigenvalue weighted by Crippen LogP contribution is 2.22. The summed E-state index contributed by atoms with van der Waals surface area (Å²) in [6.07, 6.45) is 0. The number of hydrogen-bond acceptors (Lipinski definition) is 1. The van der Waals surface area contributed by atoms with Crippen LogP contribution in [-0.4, -0.2) is 9.78 Å². The molecule has 0 aliphatic heterocycles. The SMILES string of the molecule is CC(C)(C)n1nc(Cl)cc1Cl. The van der Waals surface area contributed by atoms with Crippen LogP contribution in [0.2, 0.25) is 10.3 Å². The van der Waals surface area contributed by atoms with Crippen molar-refractivity contribution < 1.29 is 0 Å². The van der Waals surface area contributed by atoms with Crippen molar-refractivity contribution in [3.05, 3.63) is 16.4 Å². The molecule has 0 fully saturated rings. The van der Waals surface area contributed by atoms with Crippen molar-refractivity contribution in [3.63, 3.8) is 0 Å². The first-order valence-electron chi connectivity index (χ1n) is 3.33. The molecular formula is C7H10Cl2N2. The molecule has 2 nitrogen and oxygen atoms in total. The van der Waals surface area contributed by atoms with E-state index in [2.05, 4.69) is 5.10 Å². The molecule has 0 aliphatic rings. The molecule has 1 aromatic rings. The average molecular weight is 193 g/mol. The van der Waals surface area contributed by atoms with Crippen LogP contribution in [0.1, 0.15) is 20.8 Å². The topological polar surface area (TPSA) is 17.8 Å². The molecule has 0 aromatic carbocycles. The van der Waals surface area contributed by atoms with E-state index in [1.165, 1.54) is 0 Å². The maximum absolute atomic E-state index is 5.85. The molecule has 1 rings (SSSR count). The number of aromatic nitrogens is 2. The molecule has 0 saturated heterocycles. The lowest BCUT2D eigenvalue weighted by molar-refractivity contribution is 0.356. The fourth-order valence-corrected chi connectivity index (χ4v) is 1.43. The first kappa shape index (κ1) is 8.88. The summed E-state index contributed by atoms with van der Waals surface area (Å²) in [5.41, 5.74) is -0.107. The van der Waals surface area contributed by atoms with Gasteiger partial charge in [-0.1, -0.05) is 23.2 Å². The van der Waals surface area contributed by atoms with Gasteiger partial charge in [0.25, 0.3) is 0 Å². The minimum atomic E-state index is -0.107. The summed E-state index contributed by atoms with van der Waals surface area (Å²) in [6, 6.07) is 1.63. The smallest absolute Gasteiger partial charge is 0.152 e. The summed E-state index contributed by atoms with van der Waals surface area (Å²) in [6.45, 7) is 6.05. The Morgan fingerprint density at radius 1 is 1.36 bits per heavy atom. The first-order chi connectivity index (χ1) is 4.91. The van der Waals surface area contributed by atoms with E-state index in [0.717, 1.165) is 0 Å². The molecule has 0 atom stereocenters. The van der Waals surface area contributed by atoms with Gasteiger partial charge in [0.15, 0.2) is 5.15 Å². The molecule has 0 N–H and O–H groups in total. The van der Waals surface area contributed by atoms with Crippen molar-refractivity contribution in [1.29, 1.82) is 0 Å². The van der Waals surface area contributed by atoms with Gasteiger partial charge in [0.05, 0.1) is 5.54 Å². The molecule has 62 valence electrons. The zero-order valence-electron chi connectivity index (χ0n) is 6.73. The molecular weight excluding hydrogens is 183 g/mol. The van der Waals surface area contributed by atoms with Crippen LogP contribution in [0.5, 0.6) is 0 Å². The largest absolute Gasteiger partial charge is 0.247 e. The molecule has 0 aliphatic carbocycles. The van der Waals surface area contributed by atoms with Gasteiger partial charge < -0.3 is 0 Å². The zero-order chi connectivity index (χ0) is 8.65. The maximum Gasteiger partial charge on any atom is 0.152 e. The lowest BCUT2D eigenvalue weighted by Crippen LogP contribution is -2.23. The van der Waals surface area contributed by atoms with Crippen LogP contribution < -0.4 is 0 Å². The normalized spacial score (nSPS) is 12.1. The van der Waals surface area contributed by atoms with Gasteiger partial charge in [-0.15, -0.1) is 0 Å². The summed E-state index contributed by atoms with van der Waals surface area (Å²) in [5, 5.41) is 5.04. The van der Waals surface area contributed by atoms with Crippen molar-refractivity contribution in [2.45, 2.75) is 26.3 Å². The third-order valence-electron chi connectivity index (χ3n) is 1.27. The number of nitrogens with zero attached hydrogens (tertiary/aromatic N) is 2. The lowest BCUT2D eigenvalue weighted by atomic mass is 10.1. The highest BCUT2D eigenvalue weighted by molar-refractivity contribution is 6.33. The van der Waals surface area contributed by atoms with E-state index in [1.54, 1.807) is 10.7 Å². The van der Waals surface area contributed by atoms with Gasteiger partial charge in [0, 0.05) is 6.07 Å². The molecule has 0 spiro atoms. The van der Waals surface area contributed by atoms with Crippen molar-refractivity contribution in [3.8, 4) is 0 Å². The van der Waals surface area contributed by atoms with Crippen molar-refractivity contribution >= 4 is 23.2 Å². The summed E-state index contributed by atoms with van der Waals surface area (Å²) >= 11 is 11.5. The fourth-order valence-electron chi connectivity index (χ4n) is 0.802. The average Bonchev–Trinajstić information content (AvgIpc) is 2.08. The second kappa shape index (κ2) is 2.68. The Hall–Kier alpha value is -0.210. The quantitative estimate of drug-likeness (QED) is 0.619. The predicted octanol–water partition coefficient (Wildman–Crippen LogP) is 2.94. The van der Waals surface area contributed by atoms with Crippen LogP contribution in [0.4, 0.5) is 0 Å². The van der Waals surface area contributed by atoms with Gasteiger partial charge in [-0.3, -0.25) is 0 Å². The van der Waals surface area contributed by atoms with Crippen LogP contribution in [-0.2, 0) is 5.54 Å². The van der Waals surface area contributed by atoms with Crippen LogP contribution in [0, 0.1) is 0 Å². The molecule has 0 bridgehead atoms. The molecule has 11 heavy (non-hydrogen) atoms. The van der Waals surface area contributed by atoms with E-state index in [1.807, 2.05) is 20.8 Å². The Morgan fingerprint density at radius 3 is 2.09 bits per heavy atom. The molecule has 1 aromatic heterocycles. The van der Waals surface area contributed by atoms with Crippen molar-refractivity contribution in [2.24, 2.45) is 0 Å². The van der Waals surface area contributed by atoms with Crippen LogP contribution in [0.15, 0.2) is 6.07 Å². The minimum Gasteiger partial charge on any atom is -0.247 e. The second-order valence-corrected chi connectivity index (χ2v) is 4.15. The van der Waals surface area contributed by atoms with Gasteiger partial charge in [-0.05, 0) is 20.8 Å². The second-order valence-electron chi connectivity index (χ2n) is 3.37. The summed E-state index contributed by atoms with van der Waals surface area (Å²) in [5.74, 6) is 0. The van der Waals surface area contributed by atoms with Gasteiger partial charge in [-0.2, -0.15) is 5.10 Å². The summed E-state index contributed by atoms with van der Waals surface area (Å²) in [7, 11) is 0. The third kappa shape index (κ3) is 1.88. The zero-order valence-corrected chi connectivity index (χ0v) is 8.24. The van der Waals surface area contributed by atoms with Crippen LogP contribution >= 0.6 is 23.2 Å². The van der Waals surface area contributed by atoms with Crippen molar-refractivity contribution in [1.82, 2.24) is 9.78 Å². The minimum absolute atomic E-state index is 0.107.